The zero-order valence-corrected chi connectivity index (χ0v) is 15.7. The van der Waals surface area contributed by atoms with E-state index in [0.29, 0.717) is 17.2 Å². The van der Waals surface area contributed by atoms with Crippen molar-refractivity contribution >= 4 is 11.5 Å². The average Bonchev–Trinajstić information content (AvgIpc) is 3.35. The molecule has 134 valence electrons. The molecule has 0 unspecified atom stereocenters. The molecule has 0 atom stereocenters. The maximum absolute atomic E-state index is 5.71. The molecule has 6 heteroatoms. The van der Waals surface area contributed by atoms with Gasteiger partial charge in [-0.1, -0.05) is 12.1 Å². The van der Waals surface area contributed by atoms with Crippen molar-refractivity contribution in [2.45, 2.75) is 6.42 Å². The second-order valence-corrected chi connectivity index (χ2v) is 6.71. The number of ether oxygens (including phenoxy) is 4. The molecule has 0 N–H and O–H groups in total. The third-order valence-corrected chi connectivity index (χ3v) is 5.35. The van der Waals surface area contributed by atoms with Crippen LogP contribution in [0, 0.1) is 0 Å². The summed E-state index contributed by atoms with van der Waals surface area (Å²) in [4.78, 5) is 1.04. The van der Waals surface area contributed by atoms with E-state index in [2.05, 4.69) is 22.6 Å². The third kappa shape index (κ3) is 2.76. The standard InChI is InChI=1S/C20H19NO4S/c1-22-17-9-14(10-18(23-2)19(17)24-3)20-15(11-21-26-20)13-5-4-12-6-7-25-16(12)8-13/h4-5,8-11H,6-7H2,1-3H3. The molecule has 0 spiro atoms. The molecule has 0 radical (unpaired) electrons. The first-order valence-electron chi connectivity index (χ1n) is 8.26. The van der Waals surface area contributed by atoms with Gasteiger partial charge in [-0.2, -0.15) is 4.37 Å². The summed E-state index contributed by atoms with van der Waals surface area (Å²) in [6.07, 6.45) is 2.86. The van der Waals surface area contributed by atoms with E-state index in [-0.39, 0.29) is 0 Å². The predicted octanol–water partition coefficient (Wildman–Crippen LogP) is 4.44. The summed E-state index contributed by atoms with van der Waals surface area (Å²) in [5, 5.41) is 0. The van der Waals surface area contributed by atoms with Crippen molar-refractivity contribution in [1.82, 2.24) is 4.37 Å². The van der Waals surface area contributed by atoms with Crippen LogP contribution in [0.25, 0.3) is 21.6 Å². The minimum atomic E-state index is 0.579. The summed E-state index contributed by atoms with van der Waals surface area (Å²) in [5.74, 6) is 2.79. The Morgan fingerprint density at radius 1 is 0.962 bits per heavy atom. The average molecular weight is 369 g/mol. The number of hydrogen-bond acceptors (Lipinski definition) is 6. The van der Waals surface area contributed by atoms with Gasteiger partial charge < -0.3 is 18.9 Å². The summed E-state index contributed by atoms with van der Waals surface area (Å²) in [5.41, 5.74) is 4.37. The second kappa shape index (κ2) is 6.88. The van der Waals surface area contributed by atoms with Crippen LogP contribution in [-0.2, 0) is 6.42 Å². The molecule has 0 amide bonds. The normalized spacial score (nSPS) is 12.4. The van der Waals surface area contributed by atoms with Gasteiger partial charge in [0.25, 0.3) is 0 Å². The Hall–Kier alpha value is -2.73. The summed E-state index contributed by atoms with van der Waals surface area (Å²) in [7, 11) is 4.84. The molecule has 0 saturated carbocycles. The van der Waals surface area contributed by atoms with Crippen molar-refractivity contribution < 1.29 is 18.9 Å². The number of fused-ring (bicyclic) bond motifs is 1. The highest BCUT2D eigenvalue weighted by Crippen LogP contribution is 2.45. The fraction of sp³-hybridized carbons (Fsp3) is 0.250. The highest BCUT2D eigenvalue weighted by atomic mass is 32.1. The molecule has 26 heavy (non-hydrogen) atoms. The quantitative estimate of drug-likeness (QED) is 0.666. The van der Waals surface area contributed by atoms with Gasteiger partial charge in [-0.15, -0.1) is 0 Å². The Bertz CT molecular complexity index is 926. The molecule has 1 aromatic heterocycles. The summed E-state index contributed by atoms with van der Waals surface area (Å²) in [6, 6.07) is 10.2. The number of methoxy groups -OCH3 is 3. The molecular weight excluding hydrogens is 350 g/mol. The first kappa shape index (κ1) is 16.7. The molecule has 0 bridgehead atoms. The first-order chi connectivity index (χ1) is 12.7. The van der Waals surface area contributed by atoms with Gasteiger partial charge in [0.15, 0.2) is 11.5 Å². The molecule has 1 aliphatic heterocycles. The molecule has 0 fully saturated rings. The predicted molar refractivity (Wildman–Crippen MR) is 102 cm³/mol. The number of aromatic nitrogens is 1. The van der Waals surface area contributed by atoms with Crippen LogP contribution in [0.2, 0.25) is 0 Å². The van der Waals surface area contributed by atoms with Gasteiger partial charge in [0, 0.05) is 23.7 Å². The van der Waals surface area contributed by atoms with Crippen molar-refractivity contribution in [1.29, 1.82) is 0 Å². The molecule has 0 saturated heterocycles. The first-order valence-corrected chi connectivity index (χ1v) is 9.03. The lowest BCUT2D eigenvalue weighted by Crippen LogP contribution is -1.95. The molecule has 4 rings (SSSR count). The van der Waals surface area contributed by atoms with E-state index in [1.807, 2.05) is 18.3 Å². The highest BCUT2D eigenvalue weighted by Gasteiger charge is 2.19. The molecule has 3 aromatic rings. The fourth-order valence-corrected chi connectivity index (χ4v) is 3.96. The van der Waals surface area contributed by atoms with E-state index in [1.54, 1.807) is 21.3 Å². The van der Waals surface area contributed by atoms with Crippen molar-refractivity contribution in [3.63, 3.8) is 0 Å². The highest BCUT2D eigenvalue weighted by molar-refractivity contribution is 7.10. The zero-order chi connectivity index (χ0) is 18.1. The lowest BCUT2D eigenvalue weighted by Gasteiger charge is -2.14. The van der Waals surface area contributed by atoms with E-state index >= 15 is 0 Å². The van der Waals surface area contributed by atoms with Crippen LogP contribution >= 0.6 is 11.5 Å². The van der Waals surface area contributed by atoms with Crippen molar-refractivity contribution in [3.05, 3.63) is 42.1 Å². The topological polar surface area (TPSA) is 49.8 Å². The van der Waals surface area contributed by atoms with Gasteiger partial charge in [-0.25, -0.2) is 0 Å². The van der Waals surface area contributed by atoms with Gasteiger partial charge in [0.1, 0.15) is 5.75 Å². The van der Waals surface area contributed by atoms with Gasteiger partial charge in [-0.3, -0.25) is 0 Å². The number of hydrogen-bond donors (Lipinski definition) is 0. The number of rotatable bonds is 5. The van der Waals surface area contributed by atoms with E-state index in [0.717, 1.165) is 40.3 Å². The van der Waals surface area contributed by atoms with Crippen LogP contribution in [-0.4, -0.2) is 32.3 Å². The third-order valence-electron chi connectivity index (χ3n) is 4.50. The molecule has 1 aliphatic rings. The van der Waals surface area contributed by atoms with E-state index < -0.39 is 0 Å². The maximum atomic E-state index is 5.71. The molecule has 0 aliphatic carbocycles. The maximum Gasteiger partial charge on any atom is 0.203 e. The Labute approximate surface area is 156 Å². The van der Waals surface area contributed by atoms with Gasteiger partial charge in [0.05, 0.1) is 32.8 Å². The fourth-order valence-electron chi connectivity index (χ4n) is 3.20. The molecular formula is C20H19NO4S. The van der Waals surface area contributed by atoms with Crippen LogP contribution in [0.5, 0.6) is 23.0 Å². The minimum absolute atomic E-state index is 0.579. The van der Waals surface area contributed by atoms with Gasteiger partial charge in [0.2, 0.25) is 5.75 Å². The van der Waals surface area contributed by atoms with Crippen molar-refractivity contribution in [3.8, 4) is 44.6 Å². The van der Waals surface area contributed by atoms with Crippen LogP contribution in [0.4, 0.5) is 0 Å². The Morgan fingerprint density at radius 2 is 1.73 bits per heavy atom. The second-order valence-electron chi connectivity index (χ2n) is 5.90. The van der Waals surface area contributed by atoms with E-state index in [4.69, 9.17) is 18.9 Å². The lowest BCUT2D eigenvalue weighted by atomic mass is 10.0. The Morgan fingerprint density at radius 3 is 2.42 bits per heavy atom. The number of benzene rings is 2. The monoisotopic (exact) mass is 369 g/mol. The summed E-state index contributed by atoms with van der Waals surface area (Å²) in [6.45, 7) is 0.750. The Kier molecular flexibility index (Phi) is 4.42. The van der Waals surface area contributed by atoms with Crippen molar-refractivity contribution in [2.24, 2.45) is 0 Å². The van der Waals surface area contributed by atoms with Gasteiger partial charge >= 0.3 is 0 Å². The Balaban J connectivity index is 1.82. The minimum Gasteiger partial charge on any atom is -0.493 e. The van der Waals surface area contributed by atoms with E-state index in [9.17, 15) is 0 Å². The molecule has 2 heterocycles. The van der Waals surface area contributed by atoms with Crippen LogP contribution < -0.4 is 18.9 Å². The summed E-state index contributed by atoms with van der Waals surface area (Å²) < 4.78 is 26.5. The lowest BCUT2D eigenvalue weighted by molar-refractivity contribution is 0.324. The van der Waals surface area contributed by atoms with Crippen LogP contribution in [0.1, 0.15) is 5.56 Å². The molecule has 2 aromatic carbocycles. The van der Waals surface area contributed by atoms with Crippen molar-refractivity contribution in [2.75, 3.05) is 27.9 Å². The van der Waals surface area contributed by atoms with Crippen LogP contribution in [0.15, 0.2) is 36.5 Å². The van der Waals surface area contributed by atoms with Crippen LogP contribution in [0.3, 0.4) is 0 Å². The zero-order valence-electron chi connectivity index (χ0n) is 14.9. The van der Waals surface area contributed by atoms with E-state index in [1.165, 1.54) is 17.1 Å². The summed E-state index contributed by atoms with van der Waals surface area (Å²) >= 11 is 1.44. The SMILES string of the molecule is COc1cc(-c2sncc2-c2ccc3c(c2)OCC3)cc(OC)c1OC. The largest absolute Gasteiger partial charge is 0.493 e. The smallest absolute Gasteiger partial charge is 0.203 e. The van der Waals surface area contributed by atoms with Gasteiger partial charge in [-0.05, 0) is 40.9 Å². The molecule has 5 nitrogen and oxygen atoms in total. The number of nitrogens with zero attached hydrogens (tertiary/aromatic N) is 1.